The third kappa shape index (κ3) is 4.22. The second-order valence-corrected chi connectivity index (χ2v) is 6.02. The number of rotatable bonds is 5. The van der Waals surface area contributed by atoms with Crippen molar-refractivity contribution < 1.29 is 28.6 Å². The zero-order chi connectivity index (χ0) is 20.1. The lowest BCUT2D eigenvalue weighted by Gasteiger charge is -2.23. The van der Waals surface area contributed by atoms with E-state index in [4.69, 9.17) is 14.2 Å². The molecule has 2 aromatic carbocycles. The number of methoxy groups -OCH3 is 1. The minimum absolute atomic E-state index is 0.201. The van der Waals surface area contributed by atoms with Crippen molar-refractivity contribution in [1.82, 2.24) is 0 Å². The predicted molar refractivity (Wildman–Crippen MR) is 102 cm³/mol. The van der Waals surface area contributed by atoms with E-state index in [9.17, 15) is 14.4 Å². The number of para-hydroxylation sites is 1. The smallest absolute Gasteiger partial charge is 0.339 e. The van der Waals surface area contributed by atoms with Crippen LogP contribution < -0.4 is 19.7 Å². The van der Waals surface area contributed by atoms with Gasteiger partial charge in [-0.2, -0.15) is 0 Å². The Kier molecular flexibility index (Phi) is 5.78. The Labute approximate surface area is 162 Å². The highest BCUT2D eigenvalue weighted by molar-refractivity contribution is 6.06. The van der Waals surface area contributed by atoms with E-state index in [1.807, 2.05) is 0 Å². The van der Waals surface area contributed by atoms with Crippen molar-refractivity contribution in [1.29, 1.82) is 0 Å². The molecule has 28 heavy (non-hydrogen) atoms. The Morgan fingerprint density at radius 1 is 1.07 bits per heavy atom. The summed E-state index contributed by atoms with van der Waals surface area (Å²) in [5, 5.41) is 2.73. The molecule has 0 unspecified atom stereocenters. The fourth-order valence-electron chi connectivity index (χ4n) is 2.82. The number of nitrogens with zero attached hydrogens (tertiary/aromatic N) is 1. The van der Waals surface area contributed by atoms with Crippen LogP contribution in [0.15, 0.2) is 42.5 Å². The number of amides is 2. The average Bonchev–Trinajstić information content (AvgIpc) is 2.71. The Hall–Kier alpha value is -3.55. The van der Waals surface area contributed by atoms with Gasteiger partial charge in [-0.05, 0) is 24.3 Å². The van der Waals surface area contributed by atoms with Crippen LogP contribution in [0.5, 0.6) is 11.5 Å². The number of benzene rings is 2. The van der Waals surface area contributed by atoms with Crippen molar-refractivity contribution in [3.8, 4) is 11.5 Å². The lowest BCUT2D eigenvalue weighted by molar-refractivity contribution is -0.120. The van der Waals surface area contributed by atoms with E-state index >= 15 is 0 Å². The summed E-state index contributed by atoms with van der Waals surface area (Å²) in [6.45, 7) is 1.97. The maximum atomic E-state index is 12.5. The van der Waals surface area contributed by atoms with Crippen LogP contribution in [0, 0.1) is 0 Å². The fourth-order valence-corrected chi connectivity index (χ4v) is 2.82. The third-order valence-electron chi connectivity index (χ3n) is 4.11. The summed E-state index contributed by atoms with van der Waals surface area (Å²) < 4.78 is 15.7. The zero-order valence-corrected chi connectivity index (χ0v) is 15.6. The molecule has 3 rings (SSSR count). The molecule has 0 bridgehead atoms. The molecule has 8 heteroatoms. The molecule has 1 heterocycles. The van der Waals surface area contributed by atoms with Gasteiger partial charge in [0.1, 0.15) is 19.8 Å². The summed E-state index contributed by atoms with van der Waals surface area (Å²) in [6.07, 6.45) is 0. The Morgan fingerprint density at radius 3 is 2.50 bits per heavy atom. The molecule has 1 N–H and O–H groups in total. The van der Waals surface area contributed by atoms with Gasteiger partial charge in [-0.3, -0.25) is 9.59 Å². The molecule has 0 spiro atoms. The molecule has 8 nitrogen and oxygen atoms in total. The molecule has 0 saturated heterocycles. The number of carbonyl (C=O) groups is 3. The van der Waals surface area contributed by atoms with Crippen LogP contribution in [0.3, 0.4) is 0 Å². The minimum atomic E-state index is -0.589. The highest BCUT2D eigenvalue weighted by Crippen LogP contribution is 2.32. The van der Waals surface area contributed by atoms with Crippen molar-refractivity contribution in [2.45, 2.75) is 6.92 Å². The van der Waals surface area contributed by atoms with Gasteiger partial charge in [0.15, 0.2) is 11.5 Å². The third-order valence-corrected chi connectivity index (χ3v) is 4.11. The molecule has 0 fully saturated rings. The predicted octanol–water partition coefficient (Wildman–Crippen LogP) is 2.24. The fraction of sp³-hybridized carbons (Fsp3) is 0.250. The maximum Gasteiger partial charge on any atom is 0.339 e. The number of anilines is 2. The van der Waals surface area contributed by atoms with E-state index in [-0.39, 0.29) is 18.0 Å². The molecule has 0 saturated carbocycles. The van der Waals surface area contributed by atoms with Crippen molar-refractivity contribution in [3.05, 3.63) is 48.0 Å². The minimum Gasteiger partial charge on any atom is -0.486 e. The number of fused-ring (bicyclic) bond motifs is 1. The van der Waals surface area contributed by atoms with Crippen LogP contribution in [-0.2, 0) is 14.3 Å². The van der Waals surface area contributed by atoms with Crippen LogP contribution in [0.2, 0.25) is 0 Å². The van der Waals surface area contributed by atoms with Gasteiger partial charge < -0.3 is 24.4 Å². The van der Waals surface area contributed by atoms with Crippen molar-refractivity contribution in [3.63, 3.8) is 0 Å². The number of carbonyl (C=O) groups excluding carboxylic acids is 3. The van der Waals surface area contributed by atoms with Crippen LogP contribution in [0.1, 0.15) is 17.3 Å². The van der Waals surface area contributed by atoms with E-state index in [1.165, 1.54) is 25.0 Å². The van der Waals surface area contributed by atoms with Crippen molar-refractivity contribution in [2.75, 3.05) is 37.1 Å². The Bertz CT molecular complexity index is 911. The zero-order valence-electron chi connectivity index (χ0n) is 15.6. The summed E-state index contributed by atoms with van der Waals surface area (Å²) in [5.74, 6) is -0.237. The summed E-state index contributed by atoms with van der Waals surface area (Å²) in [5.41, 5.74) is 1.02. The number of hydrogen-bond acceptors (Lipinski definition) is 6. The van der Waals surface area contributed by atoms with E-state index in [0.717, 1.165) is 0 Å². The molecule has 0 aromatic heterocycles. The molecule has 0 radical (unpaired) electrons. The first kappa shape index (κ1) is 19.2. The average molecular weight is 384 g/mol. The van der Waals surface area contributed by atoms with E-state index in [1.54, 1.807) is 36.4 Å². The Morgan fingerprint density at radius 2 is 1.79 bits per heavy atom. The van der Waals surface area contributed by atoms with Gasteiger partial charge in [0.25, 0.3) is 0 Å². The van der Waals surface area contributed by atoms with Gasteiger partial charge in [-0.25, -0.2) is 4.79 Å². The normalized spacial score (nSPS) is 12.1. The van der Waals surface area contributed by atoms with Gasteiger partial charge in [0, 0.05) is 18.7 Å². The van der Waals surface area contributed by atoms with Crippen molar-refractivity contribution >= 4 is 29.2 Å². The second kappa shape index (κ2) is 8.43. The standard InChI is InChI=1S/C20H20N2O6/c1-13(23)22(16-6-4-3-5-15(16)20(25)26-2)12-19(24)21-14-7-8-17-18(11-14)28-10-9-27-17/h3-8,11H,9-10,12H2,1-2H3,(H,21,24). The summed E-state index contributed by atoms with van der Waals surface area (Å²) in [4.78, 5) is 37.9. The van der Waals surface area contributed by atoms with Gasteiger partial charge in [0.05, 0.1) is 18.4 Å². The maximum absolute atomic E-state index is 12.5. The van der Waals surface area contributed by atoms with Gasteiger partial charge >= 0.3 is 5.97 Å². The van der Waals surface area contributed by atoms with Gasteiger partial charge in [-0.1, -0.05) is 12.1 Å². The largest absolute Gasteiger partial charge is 0.486 e. The molecule has 0 aliphatic carbocycles. The molecule has 0 atom stereocenters. The summed E-state index contributed by atoms with van der Waals surface area (Å²) in [7, 11) is 1.26. The lowest BCUT2D eigenvalue weighted by atomic mass is 10.1. The molecule has 146 valence electrons. The first-order chi connectivity index (χ1) is 13.5. The quantitative estimate of drug-likeness (QED) is 0.795. The van der Waals surface area contributed by atoms with Gasteiger partial charge in [-0.15, -0.1) is 0 Å². The van der Waals surface area contributed by atoms with Gasteiger partial charge in [0.2, 0.25) is 11.8 Å². The van der Waals surface area contributed by atoms with E-state index < -0.39 is 11.9 Å². The molecular weight excluding hydrogens is 364 g/mol. The molecule has 2 amide bonds. The highest BCUT2D eigenvalue weighted by Gasteiger charge is 2.22. The van der Waals surface area contributed by atoms with E-state index in [2.05, 4.69) is 5.32 Å². The number of hydrogen-bond donors (Lipinski definition) is 1. The van der Waals surface area contributed by atoms with Crippen molar-refractivity contribution in [2.24, 2.45) is 0 Å². The molecule has 1 aliphatic rings. The molecular formula is C20H20N2O6. The Balaban J connectivity index is 1.77. The van der Waals surface area contributed by atoms with Crippen LogP contribution >= 0.6 is 0 Å². The first-order valence-electron chi connectivity index (χ1n) is 8.64. The SMILES string of the molecule is COC(=O)c1ccccc1N(CC(=O)Nc1ccc2c(c1)OCCO2)C(C)=O. The molecule has 2 aromatic rings. The highest BCUT2D eigenvalue weighted by atomic mass is 16.6. The molecule has 1 aliphatic heterocycles. The number of nitrogens with one attached hydrogen (secondary N) is 1. The van der Waals surface area contributed by atoms with Crippen LogP contribution in [0.25, 0.3) is 0 Å². The van der Waals surface area contributed by atoms with E-state index in [0.29, 0.717) is 36.1 Å². The second-order valence-electron chi connectivity index (χ2n) is 6.02. The number of esters is 1. The number of ether oxygens (including phenoxy) is 3. The first-order valence-corrected chi connectivity index (χ1v) is 8.64. The topological polar surface area (TPSA) is 94.2 Å². The monoisotopic (exact) mass is 384 g/mol. The van der Waals surface area contributed by atoms with Crippen LogP contribution in [-0.4, -0.2) is 44.7 Å². The lowest BCUT2D eigenvalue weighted by Crippen LogP contribution is -2.37. The van der Waals surface area contributed by atoms with Crippen LogP contribution in [0.4, 0.5) is 11.4 Å². The summed E-state index contributed by atoms with van der Waals surface area (Å²) >= 11 is 0. The summed E-state index contributed by atoms with van der Waals surface area (Å²) in [6, 6.07) is 11.5.